The van der Waals surface area contributed by atoms with Crippen molar-refractivity contribution in [2.24, 2.45) is 11.8 Å². The van der Waals surface area contributed by atoms with Crippen molar-refractivity contribution in [3.05, 3.63) is 48.0 Å². The van der Waals surface area contributed by atoms with Gasteiger partial charge in [0.2, 0.25) is 0 Å². The molecule has 1 saturated carbocycles. The molecule has 3 unspecified atom stereocenters. The van der Waals surface area contributed by atoms with Crippen LogP contribution in [0.25, 0.3) is 0 Å². The van der Waals surface area contributed by atoms with Gasteiger partial charge in [-0.15, -0.1) is 19.0 Å². The Morgan fingerprint density at radius 2 is 2.17 bits per heavy atom. The normalized spacial score (nSPS) is 36.4. The third-order valence-electron chi connectivity index (χ3n) is 6.59. The van der Waals surface area contributed by atoms with Crippen molar-refractivity contribution in [1.82, 2.24) is 4.90 Å². The molecule has 3 nitrogen and oxygen atoms in total. The van der Waals surface area contributed by atoms with E-state index in [2.05, 4.69) is 48.9 Å². The predicted molar refractivity (Wildman–Crippen MR) is 97.5 cm³/mol. The van der Waals surface area contributed by atoms with E-state index >= 15 is 0 Å². The molecule has 1 aromatic rings. The fourth-order valence-electron chi connectivity index (χ4n) is 5.56. The van der Waals surface area contributed by atoms with E-state index in [-0.39, 0.29) is 35.8 Å². The highest BCUT2D eigenvalue weighted by Crippen LogP contribution is 2.58. The number of carbonyl (C=O) groups excluding carboxylic acids is 1. The lowest BCUT2D eigenvalue weighted by Crippen LogP contribution is -2.69. The summed E-state index contributed by atoms with van der Waals surface area (Å²) in [6.45, 7) is 6.57. The van der Waals surface area contributed by atoms with Crippen LogP contribution in [0.2, 0.25) is 0 Å². The van der Waals surface area contributed by atoms with Crippen LogP contribution in [-0.4, -0.2) is 36.6 Å². The molecule has 24 heavy (non-hydrogen) atoms. The molecule has 0 spiro atoms. The average molecular weight is 348 g/mol. The van der Waals surface area contributed by atoms with Crippen LogP contribution in [0.5, 0.6) is 0 Å². The maximum Gasteiger partial charge on any atom is 0.310 e. The van der Waals surface area contributed by atoms with E-state index in [0.717, 1.165) is 19.3 Å². The molecule has 5 atom stereocenters. The molecule has 5 rings (SSSR count). The van der Waals surface area contributed by atoms with Gasteiger partial charge in [0, 0.05) is 17.5 Å². The molecule has 1 aromatic carbocycles. The molecule has 0 amide bonds. The largest absolute Gasteiger partial charge is 0.466 e. The number of nitrogens with zero attached hydrogens (tertiary/aromatic N) is 1. The summed E-state index contributed by atoms with van der Waals surface area (Å²) in [5.74, 6) is 0.457. The molecule has 0 radical (unpaired) electrons. The van der Waals surface area contributed by atoms with E-state index in [1.807, 2.05) is 6.92 Å². The van der Waals surface area contributed by atoms with Crippen molar-refractivity contribution in [1.29, 1.82) is 0 Å². The molecule has 2 heterocycles. The Bertz CT molecular complexity index is 661. The van der Waals surface area contributed by atoms with E-state index in [9.17, 15) is 4.79 Å². The van der Waals surface area contributed by atoms with Gasteiger partial charge < -0.3 is 4.74 Å². The number of likely N-dealkylation sites (N-methyl/N-ethyl adjacent to an activating group) is 1. The summed E-state index contributed by atoms with van der Waals surface area (Å²) in [6, 6.07) is 9.57. The molecule has 2 aliphatic heterocycles. The summed E-state index contributed by atoms with van der Waals surface area (Å²) < 4.78 is 5.35. The Kier molecular flexibility index (Phi) is 4.52. The topological polar surface area (TPSA) is 29.5 Å². The summed E-state index contributed by atoms with van der Waals surface area (Å²) in [5.41, 5.74) is 2.92. The van der Waals surface area contributed by atoms with E-state index in [1.165, 1.54) is 11.1 Å². The number of hydrogen-bond donors (Lipinski definition) is 0. The maximum atomic E-state index is 12.4. The summed E-state index contributed by atoms with van der Waals surface area (Å²) in [6.07, 6.45) is 5.16. The first-order chi connectivity index (χ1) is 11.1. The first-order valence-electron chi connectivity index (χ1n) is 8.73. The molecule has 4 bridgehead atoms. The Balaban J connectivity index is 0.00000169. The zero-order chi connectivity index (χ0) is 16.2. The van der Waals surface area contributed by atoms with Gasteiger partial charge in [-0.1, -0.05) is 30.3 Å². The van der Waals surface area contributed by atoms with Gasteiger partial charge in [0.15, 0.2) is 0 Å². The standard InChI is InChI=1S/C20H25NO2.ClH/c1-4-20-12-18-14(19(22)23-5-2)11-16(20)17(21(18)3)10-13-8-6-7-9-15(13)20;/h4,6-9,14,16-18H,1,5,10-12H2,2-3H3;1H/t14-,16?,17?,18?,20-;/m0./s1. The smallest absolute Gasteiger partial charge is 0.310 e. The van der Waals surface area contributed by atoms with Gasteiger partial charge >= 0.3 is 5.97 Å². The summed E-state index contributed by atoms with van der Waals surface area (Å²) in [5, 5.41) is 0. The van der Waals surface area contributed by atoms with Crippen LogP contribution in [0.15, 0.2) is 36.9 Å². The molecule has 0 N–H and O–H groups in total. The van der Waals surface area contributed by atoms with Crippen LogP contribution in [0, 0.1) is 11.8 Å². The van der Waals surface area contributed by atoms with E-state index in [4.69, 9.17) is 4.74 Å². The number of hydrogen-bond acceptors (Lipinski definition) is 3. The zero-order valence-electron chi connectivity index (χ0n) is 14.4. The molecule has 130 valence electrons. The van der Waals surface area contributed by atoms with Gasteiger partial charge in [-0.3, -0.25) is 9.69 Å². The van der Waals surface area contributed by atoms with Crippen LogP contribution in [0.3, 0.4) is 0 Å². The van der Waals surface area contributed by atoms with Gasteiger partial charge in [-0.05, 0) is 50.3 Å². The quantitative estimate of drug-likeness (QED) is 0.620. The number of fused-ring (bicyclic) bond motifs is 2. The summed E-state index contributed by atoms with van der Waals surface area (Å²) in [4.78, 5) is 14.9. The van der Waals surface area contributed by atoms with Crippen molar-refractivity contribution in [2.45, 2.75) is 43.7 Å². The van der Waals surface area contributed by atoms with E-state index < -0.39 is 0 Å². The van der Waals surface area contributed by atoms with Crippen molar-refractivity contribution in [2.75, 3.05) is 13.7 Å². The molecular weight excluding hydrogens is 322 g/mol. The second-order valence-corrected chi connectivity index (χ2v) is 7.31. The zero-order valence-corrected chi connectivity index (χ0v) is 15.2. The molecule has 3 fully saturated rings. The first-order valence-corrected chi connectivity index (χ1v) is 8.73. The third-order valence-corrected chi connectivity index (χ3v) is 6.59. The minimum atomic E-state index is -0.0145. The molecular formula is C20H26ClNO2. The average Bonchev–Trinajstić information content (AvgIpc) is 2.58. The van der Waals surface area contributed by atoms with Crippen LogP contribution >= 0.6 is 12.4 Å². The van der Waals surface area contributed by atoms with Crippen LogP contribution in [-0.2, 0) is 21.4 Å². The highest BCUT2D eigenvalue weighted by atomic mass is 35.5. The molecule has 2 saturated heterocycles. The highest BCUT2D eigenvalue weighted by molar-refractivity contribution is 5.85. The third kappa shape index (κ3) is 2.18. The monoisotopic (exact) mass is 347 g/mol. The minimum absolute atomic E-state index is 0. The van der Waals surface area contributed by atoms with Crippen molar-refractivity contribution >= 4 is 18.4 Å². The summed E-state index contributed by atoms with van der Waals surface area (Å²) >= 11 is 0. The number of benzene rings is 1. The SMILES string of the molecule is C=C[C@@]12CC3[C@@H](C(=O)OCC)CC1C(Cc1ccccc12)N3C.Cl. The van der Waals surface area contributed by atoms with Crippen LogP contribution < -0.4 is 0 Å². The number of ether oxygens (including phenoxy) is 1. The van der Waals surface area contributed by atoms with Gasteiger partial charge in [0.05, 0.1) is 12.5 Å². The maximum absolute atomic E-state index is 12.4. The fourth-order valence-corrected chi connectivity index (χ4v) is 5.56. The number of allylic oxidation sites excluding steroid dienone is 1. The Hall–Kier alpha value is -1.32. The van der Waals surface area contributed by atoms with Crippen molar-refractivity contribution in [3.8, 4) is 0 Å². The lowest BCUT2D eigenvalue weighted by atomic mass is 9.49. The van der Waals surface area contributed by atoms with E-state index in [1.54, 1.807) is 0 Å². The first kappa shape index (κ1) is 17.5. The fraction of sp³-hybridized carbons (Fsp3) is 0.550. The number of carbonyl (C=O) groups is 1. The van der Waals surface area contributed by atoms with Crippen molar-refractivity contribution in [3.63, 3.8) is 0 Å². The molecule has 2 aliphatic carbocycles. The molecule has 4 heteroatoms. The number of piperidine rings is 2. The molecule has 0 aromatic heterocycles. The predicted octanol–water partition coefficient (Wildman–Crippen LogP) is 3.36. The Morgan fingerprint density at radius 1 is 1.42 bits per heavy atom. The highest BCUT2D eigenvalue weighted by Gasteiger charge is 2.61. The van der Waals surface area contributed by atoms with Crippen molar-refractivity contribution < 1.29 is 9.53 Å². The number of esters is 1. The van der Waals surface area contributed by atoms with Gasteiger partial charge in [-0.2, -0.15) is 0 Å². The number of rotatable bonds is 3. The van der Waals surface area contributed by atoms with Gasteiger partial charge in [0.25, 0.3) is 0 Å². The number of halogens is 1. The minimum Gasteiger partial charge on any atom is -0.466 e. The second kappa shape index (κ2) is 6.20. The van der Waals surface area contributed by atoms with E-state index in [0.29, 0.717) is 18.6 Å². The van der Waals surface area contributed by atoms with Gasteiger partial charge in [0.1, 0.15) is 0 Å². The van der Waals surface area contributed by atoms with Crippen LogP contribution in [0.4, 0.5) is 0 Å². The Morgan fingerprint density at radius 3 is 2.88 bits per heavy atom. The van der Waals surface area contributed by atoms with Gasteiger partial charge in [-0.25, -0.2) is 0 Å². The molecule has 4 aliphatic rings. The summed E-state index contributed by atoms with van der Waals surface area (Å²) in [7, 11) is 2.19. The van der Waals surface area contributed by atoms with Crippen LogP contribution in [0.1, 0.15) is 30.9 Å². The lowest BCUT2D eigenvalue weighted by molar-refractivity contribution is -0.162. The lowest BCUT2D eigenvalue weighted by Gasteiger charge is -2.63. The Labute approximate surface area is 150 Å². The second-order valence-electron chi connectivity index (χ2n) is 7.31.